The predicted molar refractivity (Wildman–Crippen MR) is 68.9 cm³/mol. The fourth-order valence-corrected chi connectivity index (χ4v) is 3.77. The number of nitrogens with one attached hydrogen (secondary N) is 1. The van der Waals surface area contributed by atoms with E-state index in [1.165, 1.54) is 0 Å². The van der Waals surface area contributed by atoms with E-state index in [0.29, 0.717) is 11.7 Å². The molecule has 2 fully saturated rings. The molecule has 5 heteroatoms. The number of anilines is 1. The first-order chi connectivity index (χ1) is 8.16. The molecule has 1 atom stereocenters. The van der Waals surface area contributed by atoms with Gasteiger partial charge in [-0.25, -0.2) is 13.3 Å². The van der Waals surface area contributed by atoms with E-state index in [9.17, 15) is 4.21 Å². The summed E-state index contributed by atoms with van der Waals surface area (Å²) in [6.07, 6.45) is 4.34. The highest BCUT2D eigenvalue weighted by molar-refractivity contribution is 7.91. The summed E-state index contributed by atoms with van der Waals surface area (Å²) in [6, 6.07) is 7.87. The number of rotatable bonds is 4. The van der Waals surface area contributed by atoms with Gasteiger partial charge in [-0.15, -0.1) is 0 Å². The van der Waals surface area contributed by atoms with E-state index in [0.717, 1.165) is 30.6 Å². The third-order valence-corrected chi connectivity index (χ3v) is 5.11. The summed E-state index contributed by atoms with van der Waals surface area (Å²) in [6.45, 7) is 0. The van der Waals surface area contributed by atoms with E-state index < -0.39 is 9.92 Å². The highest BCUT2D eigenvalue weighted by atomic mass is 32.2. The van der Waals surface area contributed by atoms with Crippen LogP contribution in [0.15, 0.2) is 33.5 Å². The van der Waals surface area contributed by atoms with Crippen LogP contribution >= 0.6 is 0 Å². The molecule has 4 nitrogen and oxygen atoms in total. The van der Waals surface area contributed by atoms with Crippen LogP contribution in [0.2, 0.25) is 0 Å². The molecule has 1 unspecified atom stereocenters. The smallest absolute Gasteiger partial charge is 0.137 e. The van der Waals surface area contributed by atoms with Gasteiger partial charge in [-0.05, 0) is 49.9 Å². The molecule has 2 saturated carbocycles. The van der Waals surface area contributed by atoms with Gasteiger partial charge in [0.1, 0.15) is 9.92 Å². The molecule has 0 heterocycles. The summed E-state index contributed by atoms with van der Waals surface area (Å²) in [7, 11) is -2.44. The molecule has 2 aliphatic rings. The van der Waals surface area contributed by atoms with Gasteiger partial charge in [0.05, 0.1) is 10.9 Å². The molecule has 3 N–H and O–H groups in total. The van der Waals surface area contributed by atoms with Gasteiger partial charge >= 0.3 is 0 Å². The van der Waals surface area contributed by atoms with Gasteiger partial charge in [0.25, 0.3) is 0 Å². The van der Waals surface area contributed by atoms with E-state index >= 15 is 0 Å². The zero-order chi connectivity index (χ0) is 11.9. The molecule has 0 aromatic heterocycles. The van der Waals surface area contributed by atoms with Crippen LogP contribution < -0.4 is 10.5 Å². The van der Waals surface area contributed by atoms with Crippen LogP contribution in [0.3, 0.4) is 0 Å². The maximum atomic E-state index is 12.9. The van der Waals surface area contributed by atoms with Crippen molar-refractivity contribution < 1.29 is 4.21 Å². The van der Waals surface area contributed by atoms with Crippen molar-refractivity contribution in [3.05, 3.63) is 24.3 Å². The monoisotopic (exact) mass is 251 g/mol. The van der Waals surface area contributed by atoms with Gasteiger partial charge in [-0.2, -0.15) is 0 Å². The van der Waals surface area contributed by atoms with Crippen molar-refractivity contribution in [1.29, 1.82) is 0 Å². The second-order valence-electron chi connectivity index (χ2n) is 4.82. The average molecular weight is 251 g/mol. The Morgan fingerprint density at radius 3 is 2.35 bits per heavy atom. The van der Waals surface area contributed by atoms with Crippen molar-refractivity contribution in [3.8, 4) is 0 Å². The van der Waals surface area contributed by atoms with E-state index in [1.54, 1.807) is 12.1 Å². The first kappa shape index (κ1) is 11.0. The number of nitrogen functional groups attached to an aromatic ring is 1. The number of nitrogens with two attached hydrogens (primary N) is 1. The van der Waals surface area contributed by atoms with Gasteiger partial charge in [0.2, 0.25) is 0 Å². The number of benzene rings is 1. The van der Waals surface area contributed by atoms with Crippen molar-refractivity contribution in [2.75, 3.05) is 5.73 Å². The predicted octanol–water partition coefficient (Wildman–Crippen LogP) is 1.93. The van der Waals surface area contributed by atoms with E-state index in [2.05, 4.69) is 9.08 Å². The third kappa shape index (κ3) is 2.61. The zero-order valence-electron chi connectivity index (χ0n) is 9.63. The maximum absolute atomic E-state index is 12.9. The molecule has 3 rings (SSSR count). The number of nitrogens with zero attached hydrogens (tertiary/aromatic N) is 1. The SMILES string of the molecule is Nc1ccc(S(=O)(=NC2CC2)NC2CC2)cc1. The summed E-state index contributed by atoms with van der Waals surface area (Å²) in [5, 5.41) is 0. The lowest BCUT2D eigenvalue weighted by Gasteiger charge is -2.11. The van der Waals surface area contributed by atoms with Crippen LogP contribution in [0.5, 0.6) is 0 Å². The van der Waals surface area contributed by atoms with E-state index in [4.69, 9.17) is 5.73 Å². The minimum atomic E-state index is -2.44. The molecule has 92 valence electrons. The van der Waals surface area contributed by atoms with Crippen molar-refractivity contribution in [1.82, 2.24) is 4.72 Å². The summed E-state index contributed by atoms with van der Waals surface area (Å²) in [4.78, 5) is 0.755. The standard InChI is InChI=1S/C12H17N3OS/c13-9-1-7-12(8-2-9)17(16,14-10-3-4-10)15-11-5-6-11/h1-2,7-8,10-11H,3-6,13H2,(H,14,15,16). The Bertz CT molecular complexity index is 523. The molecule has 0 spiro atoms. The molecule has 2 aliphatic carbocycles. The van der Waals surface area contributed by atoms with Crippen LogP contribution in [0.25, 0.3) is 0 Å². The number of hydrogen-bond acceptors (Lipinski definition) is 3. The van der Waals surface area contributed by atoms with Crippen LogP contribution in [-0.4, -0.2) is 16.3 Å². The van der Waals surface area contributed by atoms with Crippen molar-refractivity contribution in [2.45, 2.75) is 42.7 Å². The Labute approximate surface area is 102 Å². The Morgan fingerprint density at radius 2 is 1.82 bits per heavy atom. The van der Waals surface area contributed by atoms with Crippen LogP contribution in [-0.2, 0) is 9.92 Å². The second-order valence-corrected chi connectivity index (χ2v) is 6.79. The second kappa shape index (κ2) is 3.99. The van der Waals surface area contributed by atoms with Crippen LogP contribution in [0.4, 0.5) is 5.69 Å². The highest BCUT2D eigenvalue weighted by Gasteiger charge is 2.30. The zero-order valence-corrected chi connectivity index (χ0v) is 10.5. The lowest BCUT2D eigenvalue weighted by atomic mass is 10.3. The van der Waals surface area contributed by atoms with Gasteiger partial charge in [-0.3, -0.25) is 0 Å². The lowest BCUT2D eigenvalue weighted by molar-refractivity contribution is 0.661. The average Bonchev–Trinajstić information content (AvgIpc) is 3.16. The molecule has 0 amide bonds. The summed E-state index contributed by atoms with van der Waals surface area (Å²) < 4.78 is 20.6. The van der Waals surface area contributed by atoms with Crippen molar-refractivity contribution >= 4 is 15.6 Å². The molecular weight excluding hydrogens is 234 g/mol. The topological polar surface area (TPSA) is 67.5 Å². The quantitative estimate of drug-likeness (QED) is 0.803. The van der Waals surface area contributed by atoms with Gasteiger partial charge in [0, 0.05) is 11.7 Å². The molecular formula is C12H17N3OS. The first-order valence-electron chi connectivity index (χ1n) is 6.05. The third-order valence-electron chi connectivity index (χ3n) is 2.95. The Morgan fingerprint density at radius 1 is 1.18 bits per heavy atom. The van der Waals surface area contributed by atoms with Gasteiger partial charge in [-0.1, -0.05) is 0 Å². The normalized spacial score (nSPS) is 23.1. The van der Waals surface area contributed by atoms with Crippen LogP contribution in [0.1, 0.15) is 25.7 Å². The number of hydrogen-bond donors (Lipinski definition) is 2. The van der Waals surface area contributed by atoms with Crippen molar-refractivity contribution in [2.24, 2.45) is 4.36 Å². The molecule has 1 aromatic rings. The molecule has 0 bridgehead atoms. The Balaban J connectivity index is 1.96. The highest BCUT2D eigenvalue weighted by Crippen LogP contribution is 2.29. The molecule has 1 aromatic carbocycles. The lowest BCUT2D eigenvalue weighted by Crippen LogP contribution is -2.26. The molecule has 0 aliphatic heterocycles. The fraction of sp³-hybridized carbons (Fsp3) is 0.500. The fourth-order valence-electron chi connectivity index (χ4n) is 1.63. The first-order valence-corrected chi connectivity index (χ1v) is 7.56. The maximum Gasteiger partial charge on any atom is 0.137 e. The summed E-state index contributed by atoms with van der Waals surface area (Å²) >= 11 is 0. The largest absolute Gasteiger partial charge is 0.399 e. The van der Waals surface area contributed by atoms with Crippen molar-refractivity contribution in [3.63, 3.8) is 0 Å². The van der Waals surface area contributed by atoms with Gasteiger partial charge < -0.3 is 5.73 Å². The minimum absolute atomic E-state index is 0.284. The van der Waals surface area contributed by atoms with Gasteiger partial charge in [0.15, 0.2) is 0 Å². The molecule has 0 saturated heterocycles. The minimum Gasteiger partial charge on any atom is -0.399 e. The molecule has 0 radical (unpaired) electrons. The van der Waals surface area contributed by atoms with E-state index in [-0.39, 0.29) is 6.04 Å². The summed E-state index contributed by atoms with van der Waals surface area (Å²) in [5.74, 6) is 0. The molecule has 17 heavy (non-hydrogen) atoms. The Hall–Kier alpha value is -1.07. The Kier molecular flexibility index (Phi) is 2.60. The van der Waals surface area contributed by atoms with E-state index in [1.807, 2.05) is 12.1 Å². The summed E-state index contributed by atoms with van der Waals surface area (Å²) in [5.41, 5.74) is 6.34. The van der Waals surface area contributed by atoms with Crippen LogP contribution in [0, 0.1) is 0 Å².